The summed E-state index contributed by atoms with van der Waals surface area (Å²) in [5.74, 6) is 4.91. The molecule has 0 heterocycles. The quantitative estimate of drug-likeness (QED) is 0.272. The molecule has 2 aromatic carbocycles. The molecule has 0 aliphatic heterocycles. The standard InChI is InChI=1S/C22H24F4N4/c1-13(2)21(3,23)17-10-14(9-16(11-17)20(28)19(12-27)30-29)8-15-6-4-5-7-18(15)22(24,25)26/h4-7,9-11,13,30H,8,28-29H2,1-3H3/b20-19-. The second kappa shape index (κ2) is 8.76. The zero-order valence-electron chi connectivity index (χ0n) is 16.9. The van der Waals surface area contributed by atoms with E-state index in [-0.39, 0.29) is 28.9 Å². The van der Waals surface area contributed by atoms with E-state index in [0.717, 1.165) is 6.07 Å². The first-order valence-corrected chi connectivity index (χ1v) is 9.27. The van der Waals surface area contributed by atoms with Gasteiger partial charge in [-0.15, -0.1) is 0 Å². The van der Waals surface area contributed by atoms with Crippen LogP contribution in [-0.2, 0) is 18.3 Å². The molecule has 0 saturated carbocycles. The van der Waals surface area contributed by atoms with E-state index >= 15 is 4.39 Å². The lowest BCUT2D eigenvalue weighted by molar-refractivity contribution is -0.138. The largest absolute Gasteiger partial charge is 0.416 e. The molecule has 5 N–H and O–H groups in total. The lowest BCUT2D eigenvalue weighted by Crippen LogP contribution is -2.25. The average molecular weight is 420 g/mol. The first-order valence-electron chi connectivity index (χ1n) is 9.27. The van der Waals surface area contributed by atoms with E-state index in [0.29, 0.717) is 11.1 Å². The van der Waals surface area contributed by atoms with Crippen LogP contribution < -0.4 is 17.0 Å². The minimum atomic E-state index is -4.51. The Kier molecular flexibility index (Phi) is 6.78. The predicted octanol–water partition coefficient (Wildman–Crippen LogP) is 4.75. The summed E-state index contributed by atoms with van der Waals surface area (Å²) in [5.41, 5.74) is 6.57. The van der Waals surface area contributed by atoms with Crippen LogP contribution in [0.5, 0.6) is 0 Å². The Morgan fingerprint density at radius 3 is 2.30 bits per heavy atom. The van der Waals surface area contributed by atoms with Gasteiger partial charge in [0.2, 0.25) is 0 Å². The molecule has 160 valence electrons. The van der Waals surface area contributed by atoms with Gasteiger partial charge in [0, 0.05) is 5.56 Å². The molecular weight excluding hydrogens is 396 g/mol. The fraction of sp³-hybridized carbons (Fsp3) is 0.318. The van der Waals surface area contributed by atoms with Gasteiger partial charge in [0.25, 0.3) is 0 Å². The molecule has 0 bridgehead atoms. The lowest BCUT2D eigenvalue weighted by atomic mass is 9.84. The van der Waals surface area contributed by atoms with Crippen LogP contribution >= 0.6 is 0 Å². The highest BCUT2D eigenvalue weighted by atomic mass is 19.4. The lowest BCUT2D eigenvalue weighted by Gasteiger charge is -2.27. The third-order valence-corrected chi connectivity index (χ3v) is 5.20. The molecular formula is C22H24F4N4. The first-order chi connectivity index (χ1) is 13.9. The highest BCUT2D eigenvalue weighted by molar-refractivity contribution is 5.70. The third kappa shape index (κ3) is 4.92. The van der Waals surface area contributed by atoms with E-state index in [9.17, 15) is 18.4 Å². The molecule has 0 aliphatic rings. The van der Waals surface area contributed by atoms with Crippen LogP contribution in [0.4, 0.5) is 17.6 Å². The van der Waals surface area contributed by atoms with Crippen molar-refractivity contribution in [3.05, 3.63) is 76.0 Å². The first kappa shape index (κ1) is 23.2. The summed E-state index contributed by atoms with van der Waals surface area (Å²) in [6, 6.07) is 11.6. The molecule has 0 aromatic heterocycles. The number of rotatable bonds is 6. The molecule has 30 heavy (non-hydrogen) atoms. The van der Waals surface area contributed by atoms with Crippen LogP contribution in [0.2, 0.25) is 0 Å². The number of hydrogen-bond donors (Lipinski definition) is 3. The molecule has 0 fully saturated rings. The normalized spacial score (nSPS) is 14.7. The predicted molar refractivity (Wildman–Crippen MR) is 108 cm³/mol. The van der Waals surface area contributed by atoms with Crippen LogP contribution in [0, 0.1) is 17.2 Å². The number of nitrogens with zero attached hydrogens (tertiary/aromatic N) is 1. The van der Waals surface area contributed by atoms with Crippen LogP contribution in [0.3, 0.4) is 0 Å². The minimum Gasteiger partial charge on any atom is -0.396 e. The van der Waals surface area contributed by atoms with Crippen molar-refractivity contribution in [3.63, 3.8) is 0 Å². The number of nitriles is 1. The second-order valence-corrected chi connectivity index (χ2v) is 7.53. The summed E-state index contributed by atoms with van der Waals surface area (Å²) >= 11 is 0. The number of nitrogens with one attached hydrogen (secondary N) is 1. The van der Waals surface area contributed by atoms with Gasteiger partial charge in [-0.3, -0.25) is 0 Å². The number of nitrogens with two attached hydrogens (primary N) is 2. The van der Waals surface area contributed by atoms with Gasteiger partial charge in [0.15, 0.2) is 5.70 Å². The van der Waals surface area contributed by atoms with Crippen LogP contribution in [0.1, 0.15) is 48.6 Å². The van der Waals surface area contributed by atoms with Crippen molar-refractivity contribution >= 4 is 5.70 Å². The van der Waals surface area contributed by atoms with Gasteiger partial charge in [0.1, 0.15) is 11.7 Å². The Hall–Kier alpha value is -3.05. The third-order valence-electron chi connectivity index (χ3n) is 5.20. The highest BCUT2D eigenvalue weighted by Crippen LogP contribution is 2.37. The van der Waals surface area contributed by atoms with Gasteiger partial charge in [-0.05, 0) is 54.2 Å². The molecule has 2 aromatic rings. The summed E-state index contributed by atoms with van der Waals surface area (Å²) in [6.07, 6.45) is -4.60. The van der Waals surface area contributed by atoms with Gasteiger partial charge in [-0.25, -0.2) is 10.2 Å². The molecule has 0 amide bonds. The second-order valence-electron chi connectivity index (χ2n) is 7.53. The number of allylic oxidation sites excluding steroid dienone is 1. The van der Waals surface area contributed by atoms with E-state index in [1.165, 1.54) is 43.3 Å². The average Bonchev–Trinajstić information content (AvgIpc) is 2.68. The Bertz CT molecular complexity index is 985. The highest BCUT2D eigenvalue weighted by Gasteiger charge is 2.34. The zero-order chi connectivity index (χ0) is 22.7. The SMILES string of the molecule is CC(C)C(C)(F)c1cc(Cc2ccccc2C(F)(F)F)cc(/C(N)=C(\C#N)NN)c1. The number of alkyl halides is 4. The van der Waals surface area contributed by atoms with Gasteiger partial charge >= 0.3 is 6.18 Å². The van der Waals surface area contributed by atoms with E-state index in [1.54, 1.807) is 19.9 Å². The Morgan fingerprint density at radius 1 is 1.13 bits per heavy atom. The van der Waals surface area contributed by atoms with Crippen molar-refractivity contribution in [3.8, 4) is 6.07 Å². The van der Waals surface area contributed by atoms with Crippen LogP contribution in [0.15, 0.2) is 48.2 Å². The fourth-order valence-corrected chi connectivity index (χ4v) is 3.05. The van der Waals surface area contributed by atoms with Crippen molar-refractivity contribution < 1.29 is 17.6 Å². The number of benzene rings is 2. The van der Waals surface area contributed by atoms with Crippen molar-refractivity contribution in [1.29, 1.82) is 5.26 Å². The van der Waals surface area contributed by atoms with E-state index < -0.39 is 23.3 Å². The monoisotopic (exact) mass is 420 g/mol. The summed E-state index contributed by atoms with van der Waals surface area (Å²) in [4.78, 5) is 0. The van der Waals surface area contributed by atoms with Gasteiger partial charge in [-0.2, -0.15) is 18.4 Å². The molecule has 0 radical (unpaired) electrons. The molecule has 8 heteroatoms. The summed E-state index contributed by atoms with van der Waals surface area (Å²) in [6.45, 7) is 4.80. The molecule has 1 unspecified atom stereocenters. The van der Waals surface area contributed by atoms with Gasteiger partial charge < -0.3 is 11.2 Å². The van der Waals surface area contributed by atoms with Crippen LogP contribution in [-0.4, -0.2) is 0 Å². The topological polar surface area (TPSA) is 87.9 Å². The van der Waals surface area contributed by atoms with Crippen molar-refractivity contribution in [2.24, 2.45) is 17.5 Å². The molecule has 4 nitrogen and oxygen atoms in total. The van der Waals surface area contributed by atoms with Crippen LogP contribution in [0.25, 0.3) is 5.70 Å². The number of hydrogen-bond acceptors (Lipinski definition) is 4. The molecule has 0 saturated heterocycles. The van der Waals surface area contributed by atoms with Crippen molar-refractivity contribution in [2.75, 3.05) is 0 Å². The maximum atomic E-state index is 15.4. The maximum Gasteiger partial charge on any atom is 0.416 e. The number of hydrazine groups is 1. The van der Waals surface area contributed by atoms with E-state index in [2.05, 4.69) is 5.43 Å². The zero-order valence-corrected chi connectivity index (χ0v) is 16.9. The minimum absolute atomic E-state index is 0.0215. The maximum absolute atomic E-state index is 15.4. The Labute approximate surface area is 173 Å². The summed E-state index contributed by atoms with van der Waals surface area (Å²) in [7, 11) is 0. The summed E-state index contributed by atoms with van der Waals surface area (Å²) in [5, 5.41) is 9.18. The summed E-state index contributed by atoms with van der Waals surface area (Å²) < 4.78 is 55.6. The van der Waals surface area contributed by atoms with E-state index in [4.69, 9.17) is 11.6 Å². The van der Waals surface area contributed by atoms with Crippen molar-refractivity contribution in [2.45, 2.75) is 39.0 Å². The van der Waals surface area contributed by atoms with Gasteiger partial charge in [-0.1, -0.05) is 38.1 Å². The van der Waals surface area contributed by atoms with Gasteiger partial charge in [0.05, 0.1) is 11.3 Å². The van der Waals surface area contributed by atoms with Crippen molar-refractivity contribution in [1.82, 2.24) is 5.43 Å². The van der Waals surface area contributed by atoms with E-state index in [1.807, 2.05) is 0 Å². The molecule has 2 rings (SSSR count). The molecule has 0 aliphatic carbocycles. The smallest absolute Gasteiger partial charge is 0.396 e. The molecule has 0 spiro atoms. The molecule has 1 atom stereocenters. The number of halogens is 4. The fourth-order valence-electron chi connectivity index (χ4n) is 3.05. The Morgan fingerprint density at radius 2 is 1.77 bits per heavy atom. The Balaban J connectivity index is 2.68.